The van der Waals surface area contributed by atoms with Crippen LogP contribution < -0.4 is 0 Å². The highest BCUT2D eigenvalue weighted by atomic mass is 79.9. The van der Waals surface area contributed by atoms with Gasteiger partial charge in [-0.15, -0.1) is 0 Å². The highest BCUT2D eigenvalue weighted by molar-refractivity contribution is 9.10. The van der Waals surface area contributed by atoms with Crippen molar-refractivity contribution in [1.29, 1.82) is 5.26 Å². The molecule has 0 saturated carbocycles. The van der Waals surface area contributed by atoms with Crippen molar-refractivity contribution in [2.75, 3.05) is 0 Å². The number of benzene rings is 2. The van der Waals surface area contributed by atoms with Crippen molar-refractivity contribution in [3.05, 3.63) is 88.7 Å². The Morgan fingerprint density at radius 1 is 1.05 bits per heavy atom. The summed E-state index contributed by atoms with van der Waals surface area (Å²) in [7, 11) is 0. The van der Waals surface area contributed by atoms with Crippen molar-refractivity contribution < 1.29 is 0 Å². The van der Waals surface area contributed by atoms with E-state index in [4.69, 9.17) is 0 Å². The summed E-state index contributed by atoms with van der Waals surface area (Å²) in [5.74, 6) is 0. The zero-order valence-electron chi connectivity index (χ0n) is 11.8. The molecule has 1 heterocycles. The Labute approximate surface area is 138 Å². The molecule has 0 aliphatic heterocycles. The highest BCUT2D eigenvalue weighted by Crippen LogP contribution is 2.22. The second-order valence-electron chi connectivity index (χ2n) is 4.87. The third-order valence-electron chi connectivity index (χ3n) is 3.34. The summed E-state index contributed by atoms with van der Waals surface area (Å²) < 4.78 is 3.01. The Morgan fingerprint density at radius 2 is 1.86 bits per heavy atom. The van der Waals surface area contributed by atoms with Crippen LogP contribution in [0, 0.1) is 11.3 Å². The summed E-state index contributed by atoms with van der Waals surface area (Å²) in [4.78, 5) is 0. The van der Waals surface area contributed by atoms with E-state index in [1.54, 1.807) is 0 Å². The lowest BCUT2D eigenvalue weighted by Crippen LogP contribution is -1.87. The van der Waals surface area contributed by atoms with Crippen molar-refractivity contribution in [2.24, 2.45) is 0 Å². The molecule has 0 atom stereocenters. The number of allylic oxidation sites excluding steroid dienone is 1. The molecular formula is C19H13BrN2. The van der Waals surface area contributed by atoms with E-state index in [9.17, 15) is 5.26 Å². The average Bonchev–Trinajstić information content (AvgIpc) is 3.02. The lowest BCUT2D eigenvalue weighted by atomic mass is 10.1. The normalized spacial score (nSPS) is 11.2. The topological polar surface area (TPSA) is 28.7 Å². The van der Waals surface area contributed by atoms with Gasteiger partial charge in [0.25, 0.3) is 0 Å². The summed E-state index contributed by atoms with van der Waals surface area (Å²) in [5, 5.41) is 9.42. The number of nitrogens with zero attached hydrogens (tertiary/aromatic N) is 2. The van der Waals surface area contributed by atoms with Gasteiger partial charge in [-0.1, -0.05) is 46.3 Å². The predicted octanol–water partition coefficient (Wildman–Crippen LogP) is 5.30. The van der Waals surface area contributed by atoms with E-state index in [2.05, 4.69) is 22.0 Å². The van der Waals surface area contributed by atoms with Crippen molar-refractivity contribution in [2.45, 2.75) is 0 Å². The van der Waals surface area contributed by atoms with Crippen LogP contribution in [0.2, 0.25) is 0 Å². The minimum absolute atomic E-state index is 0.645. The van der Waals surface area contributed by atoms with E-state index >= 15 is 0 Å². The fourth-order valence-electron chi connectivity index (χ4n) is 2.26. The zero-order chi connectivity index (χ0) is 15.4. The molecule has 0 fully saturated rings. The number of para-hydroxylation sites is 1. The van der Waals surface area contributed by atoms with Crippen molar-refractivity contribution in [3.63, 3.8) is 0 Å². The van der Waals surface area contributed by atoms with Gasteiger partial charge in [0.1, 0.15) is 0 Å². The molecule has 0 bridgehead atoms. The van der Waals surface area contributed by atoms with E-state index in [0.717, 1.165) is 21.3 Å². The van der Waals surface area contributed by atoms with Crippen LogP contribution in [0.1, 0.15) is 11.1 Å². The Bertz CT molecular complexity index is 854. The van der Waals surface area contributed by atoms with Crippen LogP contribution in [0.3, 0.4) is 0 Å². The van der Waals surface area contributed by atoms with E-state index < -0.39 is 0 Å². The summed E-state index contributed by atoms with van der Waals surface area (Å²) >= 11 is 3.44. The van der Waals surface area contributed by atoms with Gasteiger partial charge in [-0.25, -0.2) is 0 Å². The number of hydrogen-bond donors (Lipinski definition) is 0. The van der Waals surface area contributed by atoms with Crippen LogP contribution in [0.15, 0.2) is 77.5 Å². The molecule has 0 amide bonds. The highest BCUT2D eigenvalue weighted by Gasteiger charge is 2.03. The molecule has 0 spiro atoms. The molecule has 3 aromatic rings. The molecule has 1 aromatic heterocycles. The number of hydrogen-bond acceptors (Lipinski definition) is 1. The molecule has 3 rings (SSSR count). The largest absolute Gasteiger partial charge is 0.323 e. The summed E-state index contributed by atoms with van der Waals surface area (Å²) in [6, 6.07) is 22.1. The molecule has 106 valence electrons. The molecule has 0 radical (unpaired) electrons. The third kappa shape index (κ3) is 3.19. The van der Waals surface area contributed by atoms with Gasteiger partial charge in [-0.2, -0.15) is 5.26 Å². The van der Waals surface area contributed by atoms with Crippen LogP contribution >= 0.6 is 15.9 Å². The number of aromatic nitrogens is 1. The standard InChI is InChI=1S/C19H13BrN2/c20-18-6-4-5-16(12-18)17(13-21)11-15-9-10-22(14-15)19-7-2-1-3-8-19/h1-12,14H/b17-11+. The van der Waals surface area contributed by atoms with Gasteiger partial charge >= 0.3 is 0 Å². The minimum Gasteiger partial charge on any atom is -0.323 e. The van der Waals surface area contributed by atoms with Crippen LogP contribution in [-0.2, 0) is 0 Å². The lowest BCUT2D eigenvalue weighted by molar-refractivity contribution is 1.08. The van der Waals surface area contributed by atoms with E-state index in [1.165, 1.54) is 0 Å². The molecule has 2 nitrogen and oxygen atoms in total. The van der Waals surface area contributed by atoms with Gasteiger partial charge in [0, 0.05) is 22.6 Å². The Morgan fingerprint density at radius 3 is 2.59 bits per heavy atom. The number of halogens is 1. The summed E-state index contributed by atoms with van der Waals surface area (Å²) in [6.07, 6.45) is 5.92. The lowest BCUT2D eigenvalue weighted by Gasteiger charge is -2.01. The van der Waals surface area contributed by atoms with Crippen LogP contribution in [-0.4, -0.2) is 4.57 Å². The van der Waals surface area contributed by atoms with Gasteiger partial charge in [-0.3, -0.25) is 0 Å². The average molecular weight is 349 g/mol. The first-order chi connectivity index (χ1) is 10.8. The van der Waals surface area contributed by atoms with Gasteiger partial charge in [0.15, 0.2) is 0 Å². The van der Waals surface area contributed by atoms with Crippen molar-refractivity contribution in [3.8, 4) is 11.8 Å². The fraction of sp³-hybridized carbons (Fsp3) is 0. The summed E-state index contributed by atoms with van der Waals surface area (Å²) in [5.41, 5.74) is 3.65. The van der Waals surface area contributed by atoms with Gasteiger partial charge in [-0.05, 0) is 47.5 Å². The first-order valence-electron chi connectivity index (χ1n) is 6.87. The van der Waals surface area contributed by atoms with Gasteiger partial charge in [0.05, 0.1) is 11.6 Å². The van der Waals surface area contributed by atoms with Crippen LogP contribution in [0.5, 0.6) is 0 Å². The Balaban J connectivity index is 1.94. The van der Waals surface area contributed by atoms with Crippen molar-refractivity contribution >= 4 is 27.6 Å². The maximum Gasteiger partial charge on any atom is 0.0998 e. The smallest absolute Gasteiger partial charge is 0.0998 e. The molecule has 2 aromatic carbocycles. The fourth-order valence-corrected chi connectivity index (χ4v) is 2.66. The predicted molar refractivity (Wildman–Crippen MR) is 93.4 cm³/mol. The maximum atomic E-state index is 9.42. The van der Waals surface area contributed by atoms with E-state index in [1.807, 2.05) is 83.7 Å². The number of nitriles is 1. The summed E-state index contributed by atoms with van der Waals surface area (Å²) in [6.45, 7) is 0. The van der Waals surface area contributed by atoms with Crippen molar-refractivity contribution in [1.82, 2.24) is 4.57 Å². The minimum atomic E-state index is 0.645. The van der Waals surface area contributed by atoms with E-state index in [0.29, 0.717) is 5.57 Å². The van der Waals surface area contributed by atoms with E-state index in [-0.39, 0.29) is 0 Å². The van der Waals surface area contributed by atoms with Crippen LogP contribution in [0.25, 0.3) is 17.3 Å². The SMILES string of the molecule is N#C/C(=C\c1ccn(-c2ccccc2)c1)c1cccc(Br)c1. The molecule has 0 N–H and O–H groups in total. The van der Waals surface area contributed by atoms with Gasteiger partial charge in [0.2, 0.25) is 0 Å². The molecule has 0 aliphatic rings. The van der Waals surface area contributed by atoms with Gasteiger partial charge < -0.3 is 4.57 Å². The number of rotatable bonds is 3. The van der Waals surface area contributed by atoms with Crippen LogP contribution in [0.4, 0.5) is 0 Å². The molecule has 22 heavy (non-hydrogen) atoms. The first kappa shape index (κ1) is 14.4. The molecule has 0 saturated heterocycles. The molecule has 0 aliphatic carbocycles. The molecular weight excluding hydrogens is 336 g/mol. The Hall–Kier alpha value is -2.57. The third-order valence-corrected chi connectivity index (χ3v) is 3.83. The molecule has 3 heteroatoms. The monoisotopic (exact) mass is 348 g/mol. The maximum absolute atomic E-state index is 9.42. The zero-order valence-corrected chi connectivity index (χ0v) is 13.4. The second-order valence-corrected chi connectivity index (χ2v) is 5.78. The second kappa shape index (κ2) is 6.46. The Kier molecular flexibility index (Phi) is 4.22. The molecule has 0 unspecified atom stereocenters. The first-order valence-corrected chi connectivity index (χ1v) is 7.67. The quantitative estimate of drug-likeness (QED) is 0.590.